The van der Waals surface area contributed by atoms with Crippen molar-refractivity contribution in [3.05, 3.63) is 51.0 Å². The molecule has 2 aromatic rings. The van der Waals surface area contributed by atoms with Gasteiger partial charge in [0.15, 0.2) is 12.4 Å². The van der Waals surface area contributed by atoms with Gasteiger partial charge in [0.1, 0.15) is 11.5 Å². The number of carbonyl (C=O) groups excluding carboxylic acids is 3. The number of rotatable bonds is 9. The second-order valence-electron chi connectivity index (χ2n) is 6.28. The van der Waals surface area contributed by atoms with Crippen molar-refractivity contribution >= 4 is 50.9 Å². The van der Waals surface area contributed by atoms with Crippen molar-refractivity contribution in [1.29, 1.82) is 0 Å². The van der Waals surface area contributed by atoms with Gasteiger partial charge in [-0.05, 0) is 36.8 Å². The van der Waals surface area contributed by atoms with E-state index in [-0.39, 0.29) is 18.6 Å². The molecule has 0 aliphatic heterocycles. The molecule has 2 rings (SSSR count). The van der Waals surface area contributed by atoms with Crippen LogP contribution >= 0.6 is 27.5 Å². The number of ether oxygens (including phenoxy) is 3. The zero-order valence-corrected chi connectivity index (χ0v) is 19.1. The van der Waals surface area contributed by atoms with Crippen LogP contribution in [0.3, 0.4) is 0 Å². The zero-order valence-electron chi connectivity index (χ0n) is 16.7. The Labute approximate surface area is 187 Å². The minimum Gasteiger partial charge on any atom is -0.496 e. The number of anilines is 1. The fourth-order valence-corrected chi connectivity index (χ4v) is 3.10. The molecule has 7 nitrogen and oxygen atoms in total. The SMILES string of the molecule is COc1cc(Cl)c(C)cc1NC(=O)COC(=O)CCC(=O)c1cc(Br)ccc1OC. The van der Waals surface area contributed by atoms with E-state index in [1.54, 1.807) is 37.3 Å². The summed E-state index contributed by atoms with van der Waals surface area (Å²) in [6, 6.07) is 8.28. The maximum Gasteiger partial charge on any atom is 0.306 e. The summed E-state index contributed by atoms with van der Waals surface area (Å²) >= 11 is 9.34. The van der Waals surface area contributed by atoms with Crippen molar-refractivity contribution in [3.63, 3.8) is 0 Å². The van der Waals surface area contributed by atoms with Crippen LogP contribution in [0.5, 0.6) is 11.5 Å². The highest BCUT2D eigenvalue weighted by atomic mass is 79.9. The second-order valence-corrected chi connectivity index (χ2v) is 7.60. The molecule has 160 valence electrons. The van der Waals surface area contributed by atoms with Crippen LogP contribution in [-0.2, 0) is 14.3 Å². The highest BCUT2D eigenvalue weighted by molar-refractivity contribution is 9.10. The molecule has 0 radical (unpaired) electrons. The molecule has 0 aliphatic rings. The number of ketones is 1. The van der Waals surface area contributed by atoms with Gasteiger partial charge in [-0.3, -0.25) is 14.4 Å². The highest BCUT2D eigenvalue weighted by Crippen LogP contribution is 2.31. The minimum atomic E-state index is -0.660. The van der Waals surface area contributed by atoms with Crippen LogP contribution in [0.4, 0.5) is 5.69 Å². The summed E-state index contributed by atoms with van der Waals surface area (Å²) in [5.41, 5.74) is 1.53. The third-order valence-corrected chi connectivity index (χ3v) is 5.04. The van der Waals surface area contributed by atoms with E-state index in [1.807, 2.05) is 0 Å². The lowest BCUT2D eigenvalue weighted by Gasteiger charge is -2.12. The molecule has 9 heteroatoms. The quantitative estimate of drug-likeness (QED) is 0.402. The normalized spacial score (nSPS) is 10.3. The van der Waals surface area contributed by atoms with Gasteiger partial charge in [-0.25, -0.2) is 0 Å². The maximum absolute atomic E-state index is 12.4. The predicted octanol–water partition coefficient (Wildman–Crippen LogP) is 4.57. The first-order valence-corrected chi connectivity index (χ1v) is 10.1. The first-order valence-electron chi connectivity index (χ1n) is 8.91. The lowest BCUT2D eigenvalue weighted by molar-refractivity contribution is -0.147. The van der Waals surface area contributed by atoms with Gasteiger partial charge in [-0.15, -0.1) is 0 Å². The van der Waals surface area contributed by atoms with Crippen LogP contribution in [0.1, 0.15) is 28.8 Å². The Hall–Kier alpha value is -2.58. The predicted molar refractivity (Wildman–Crippen MR) is 117 cm³/mol. The molecule has 0 atom stereocenters. The third kappa shape index (κ3) is 6.47. The maximum atomic E-state index is 12.4. The number of aryl methyl sites for hydroxylation is 1. The van der Waals surface area contributed by atoms with Crippen LogP contribution in [-0.4, -0.2) is 38.5 Å². The van der Waals surface area contributed by atoms with Crippen LogP contribution in [0, 0.1) is 6.92 Å². The molecular formula is C21H21BrClNO6. The molecule has 2 aromatic carbocycles. The Balaban J connectivity index is 1.86. The Morgan fingerprint density at radius 3 is 2.40 bits per heavy atom. The van der Waals surface area contributed by atoms with E-state index in [0.29, 0.717) is 27.8 Å². The standard InChI is InChI=1S/C21H21BrClNO6/c1-12-8-16(19(29-3)10-15(12)23)24-20(26)11-30-21(27)7-5-17(25)14-9-13(22)4-6-18(14)28-2/h4,6,8-10H,5,7,11H2,1-3H3,(H,24,26). The first kappa shape index (κ1) is 23.7. The molecule has 1 N–H and O–H groups in total. The number of halogens is 2. The number of methoxy groups -OCH3 is 2. The second kappa shape index (κ2) is 11.0. The van der Waals surface area contributed by atoms with Crippen molar-refractivity contribution < 1.29 is 28.6 Å². The Bertz CT molecular complexity index is 963. The minimum absolute atomic E-state index is 0.0720. The van der Waals surface area contributed by atoms with E-state index < -0.39 is 18.5 Å². The Morgan fingerprint density at radius 1 is 1.03 bits per heavy atom. The highest BCUT2D eigenvalue weighted by Gasteiger charge is 2.16. The van der Waals surface area contributed by atoms with Crippen LogP contribution < -0.4 is 14.8 Å². The van der Waals surface area contributed by atoms with Gasteiger partial charge in [0.05, 0.1) is 31.9 Å². The van der Waals surface area contributed by atoms with Crippen LogP contribution in [0.15, 0.2) is 34.8 Å². The number of esters is 1. The number of nitrogens with one attached hydrogen (secondary N) is 1. The Kier molecular flexibility index (Phi) is 8.68. The number of carbonyl (C=O) groups is 3. The molecule has 1 amide bonds. The smallest absolute Gasteiger partial charge is 0.306 e. The summed E-state index contributed by atoms with van der Waals surface area (Å²) in [5.74, 6) is -0.659. The Morgan fingerprint density at radius 2 is 1.73 bits per heavy atom. The molecule has 0 aromatic heterocycles. The van der Waals surface area contributed by atoms with Gasteiger partial charge in [0.2, 0.25) is 0 Å². The number of benzene rings is 2. The van der Waals surface area contributed by atoms with Gasteiger partial charge in [0, 0.05) is 22.0 Å². The number of Topliss-reactive ketones (excluding diaryl/α,β-unsaturated/α-hetero) is 1. The van der Waals surface area contributed by atoms with Crippen molar-refractivity contribution in [2.24, 2.45) is 0 Å². The summed E-state index contributed by atoms with van der Waals surface area (Å²) in [4.78, 5) is 36.4. The molecular weight excluding hydrogens is 478 g/mol. The summed E-state index contributed by atoms with van der Waals surface area (Å²) in [6.07, 6.45) is -0.234. The zero-order chi connectivity index (χ0) is 22.3. The fourth-order valence-electron chi connectivity index (χ4n) is 2.58. The van der Waals surface area contributed by atoms with Crippen molar-refractivity contribution in [2.75, 3.05) is 26.1 Å². The summed E-state index contributed by atoms with van der Waals surface area (Å²) in [7, 11) is 2.91. The van der Waals surface area contributed by atoms with Crippen LogP contribution in [0.25, 0.3) is 0 Å². The monoisotopic (exact) mass is 497 g/mol. The van der Waals surface area contributed by atoms with Crippen molar-refractivity contribution in [3.8, 4) is 11.5 Å². The molecule has 30 heavy (non-hydrogen) atoms. The summed E-state index contributed by atoms with van der Waals surface area (Å²) in [5, 5.41) is 3.11. The molecule has 0 heterocycles. The lowest BCUT2D eigenvalue weighted by atomic mass is 10.1. The molecule has 0 unspecified atom stereocenters. The number of hydrogen-bond acceptors (Lipinski definition) is 6. The molecule has 0 spiro atoms. The summed E-state index contributed by atoms with van der Waals surface area (Å²) < 4.78 is 16.0. The van der Waals surface area contributed by atoms with Crippen molar-refractivity contribution in [1.82, 2.24) is 0 Å². The average molecular weight is 499 g/mol. The molecule has 0 bridgehead atoms. The number of hydrogen-bond donors (Lipinski definition) is 1. The average Bonchev–Trinajstić information content (AvgIpc) is 2.72. The van der Waals surface area contributed by atoms with Gasteiger partial charge in [0.25, 0.3) is 5.91 Å². The topological polar surface area (TPSA) is 90.9 Å². The van der Waals surface area contributed by atoms with E-state index in [4.69, 9.17) is 25.8 Å². The van der Waals surface area contributed by atoms with Gasteiger partial charge >= 0.3 is 5.97 Å². The van der Waals surface area contributed by atoms with E-state index in [0.717, 1.165) is 10.0 Å². The van der Waals surface area contributed by atoms with E-state index in [1.165, 1.54) is 14.2 Å². The van der Waals surface area contributed by atoms with Crippen LogP contribution in [0.2, 0.25) is 5.02 Å². The summed E-state index contributed by atoms with van der Waals surface area (Å²) in [6.45, 7) is 1.30. The van der Waals surface area contributed by atoms with E-state index in [9.17, 15) is 14.4 Å². The van der Waals surface area contributed by atoms with E-state index >= 15 is 0 Å². The molecule has 0 saturated heterocycles. The molecule has 0 saturated carbocycles. The largest absolute Gasteiger partial charge is 0.496 e. The van der Waals surface area contributed by atoms with Gasteiger partial charge < -0.3 is 19.5 Å². The molecule has 0 fully saturated rings. The fraction of sp³-hybridized carbons (Fsp3) is 0.286. The van der Waals surface area contributed by atoms with E-state index in [2.05, 4.69) is 21.2 Å². The number of amides is 1. The van der Waals surface area contributed by atoms with Crippen molar-refractivity contribution in [2.45, 2.75) is 19.8 Å². The van der Waals surface area contributed by atoms with Gasteiger partial charge in [-0.1, -0.05) is 27.5 Å². The van der Waals surface area contributed by atoms with Gasteiger partial charge in [-0.2, -0.15) is 0 Å². The molecule has 0 aliphatic carbocycles. The third-order valence-electron chi connectivity index (χ3n) is 4.14. The lowest BCUT2D eigenvalue weighted by Crippen LogP contribution is -2.21. The first-order chi connectivity index (χ1) is 14.2.